The van der Waals surface area contributed by atoms with Crippen LogP contribution >= 0.6 is 0 Å². The monoisotopic (exact) mass is 280 g/mol. The van der Waals surface area contributed by atoms with E-state index in [1.54, 1.807) is 0 Å². The van der Waals surface area contributed by atoms with Crippen LogP contribution in [-0.4, -0.2) is 42.8 Å². The van der Waals surface area contributed by atoms with Crippen molar-refractivity contribution in [2.45, 2.75) is 12.5 Å². The highest BCUT2D eigenvalue weighted by molar-refractivity contribution is 6.08. The molecule has 1 saturated heterocycles. The van der Waals surface area contributed by atoms with Crippen molar-refractivity contribution in [2.75, 3.05) is 14.2 Å². The number of carbonyl (C=O) groups is 3. The summed E-state index contributed by atoms with van der Waals surface area (Å²) < 4.78 is 18.5. The Hall–Kier alpha value is -2.44. The largest absolute Gasteiger partial charge is 0.497 e. The highest BCUT2D eigenvalue weighted by Gasteiger charge is 2.37. The van der Waals surface area contributed by atoms with Gasteiger partial charge in [0.25, 0.3) is 11.8 Å². The number of nitrogens with one attached hydrogen (secondary N) is 1. The lowest BCUT2D eigenvalue weighted by molar-refractivity contribution is -0.137. The lowest BCUT2D eigenvalue weighted by Gasteiger charge is -2.11. The van der Waals surface area contributed by atoms with Gasteiger partial charge in [-0.1, -0.05) is 0 Å². The number of hydrogen-bond donors (Lipinski definition) is 1. The predicted molar refractivity (Wildman–Crippen MR) is 66.6 cm³/mol. The number of halogens is 1. The van der Waals surface area contributed by atoms with Crippen molar-refractivity contribution in [1.29, 1.82) is 0 Å². The molecule has 6 nitrogen and oxygen atoms in total. The topological polar surface area (TPSA) is 75.7 Å². The van der Waals surface area contributed by atoms with Gasteiger partial charge in [-0.3, -0.25) is 19.3 Å². The standard InChI is InChI=1S/C13H13FN2O4/c1-16-11(17)6-10(13(16)19)15-12(18)8-4-3-7(20-2)5-9(8)14/h3-5,10H,6H2,1-2H3,(H,15,18). The minimum atomic E-state index is -0.943. The number of likely N-dealkylation sites (tertiary alicyclic amines) is 1. The van der Waals surface area contributed by atoms with E-state index in [0.29, 0.717) is 0 Å². The third kappa shape index (κ3) is 2.47. The van der Waals surface area contributed by atoms with E-state index in [2.05, 4.69) is 5.32 Å². The lowest BCUT2D eigenvalue weighted by Crippen LogP contribution is -2.40. The maximum absolute atomic E-state index is 13.7. The first kappa shape index (κ1) is 14.0. The fraction of sp³-hybridized carbons (Fsp3) is 0.308. The third-order valence-corrected chi connectivity index (χ3v) is 3.11. The second-order valence-corrected chi connectivity index (χ2v) is 4.37. The van der Waals surface area contributed by atoms with E-state index in [0.717, 1.165) is 11.0 Å². The lowest BCUT2D eigenvalue weighted by atomic mass is 10.1. The van der Waals surface area contributed by atoms with Gasteiger partial charge in [0.1, 0.15) is 17.6 Å². The summed E-state index contributed by atoms with van der Waals surface area (Å²) in [6.45, 7) is 0. The van der Waals surface area contributed by atoms with Crippen LogP contribution < -0.4 is 10.1 Å². The number of nitrogens with zero attached hydrogens (tertiary/aromatic N) is 1. The van der Waals surface area contributed by atoms with Crippen molar-refractivity contribution in [3.63, 3.8) is 0 Å². The molecule has 1 aromatic rings. The van der Waals surface area contributed by atoms with Crippen molar-refractivity contribution < 1.29 is 23.5 Å². The van der Waals surface area contributed by atoms with E-state index in [1.807, 2.05) is 0 Å². The molecule has 3 amide bonds. The van der Waals surface area contributed by atoms with Gasteiger partial charge in [-0.15, -0.1) is 0 Å². The van der Waals surface area contributed by atoms with Crippen LogP contribution in [0.1, 0.15) is 16.8 Å². The predicted octanol–water partition coefficient (Wildman–Crippen LogP) is 0.321. The molecule has 1 unspecified atom stereocenters. The summed E-state index contributed by atoms with van der Waals surface area (Å²) in [6, 6.07) is 2.82. The maximum Gasteiger partial charge on any atom is 0.254 e. The summed E-state index contributed by atoms with van der Waals surface area (Å²) in [5, 5.41) is 2.35. The molecule has 106 valence electrons. The van der Waals surface area contributed by atoms with E-state index in [-0.39, 0.29) is 23.6 Å². The highest BCUT2D eigenvalue weighted by atomic mass is 19.1. The molecule has 20 heavy (non-hydrogen) atoms. The summed E-state index contributed by atoms with van der Waals surface area (Å²) in [5.74, 6) is -2.10. The number of benzene rings is 1. The van der Waals surface area contributed by atoms with Crippen LogP contribution in [0.4, 0.5) is 4.39 Å². The number of ether oxygens (including phenoxy) is 1. The van der Waals surface area contributed by atoms with Crippen LogP contribution in [0.3, 0.4) is 0 Å². The molecule has 0 aromatic heterocycles. The first-order valence-corrected chi connectivity index (χ1v) is 5.89. The van der Waals surface area contributed by atoms with Crippen LogP contribution in [0.2, 0.25) is 0 Å². The van der Waals surface area contributed by atoms with Gasteiger partial charge >= 0.3 is 0 Å². The molecule has 0 radical (unpaired) electrons. The molecule has 1 N–H and O–H groups in total. The Kier molecular flexibility index (Phi) is 3.69. The van der Waals surface area contributed by atoms with E-state index < -0.39 is 23.7 Å². The Morgan fingerprint density at radius 3 is 2.65 bits per heavy atom. The normalized spacial score (nSPS) is 18.4. The molecular weight excluding hydrogens is 267 g/mol. The smallest absolute Gasteiger partial charge is 0.254 e. The summed E-state index contributed by atoms with van der Waals surface area (Å²) in [6.07, 6.45) is -0.112. The SMILES string of the molecule is COc1ccc(C(=O)NC2CC(=O)N(C)C2=O)c(F)c1. The van der Waals surface area contributed by atoms with Gasteiger partial charge in [0, 0.05) is 13.1 Å². The second-order valence-electron chi connectivity index (χ2n) is 4.37. The Morgan fingerprint density at radius 2 is 2.15 bits per heavy atom. The molecule has 2 rings (SSSR count). The number of hydrogen-bond acceptors (Lipinski definition) is 4. The minimum absolute atomic E-state index is 0.112. The summed E-state index contributed by atoms with van der Waals surface area (Å²) in [4.78, 5) is 35.8. The summed E-state index contributed by atoms with van der Waals surface area (Å²) in [7, 11) is 2.72. The first-order chi connectivity index (χ1) is 9.43. The number of likely N-dealkylation sites (N-methyl/N-ethyl adjacent to an activating group) is 1. The van der Waals surface area contributed by atoms with Gasteiger partial charge in [-0.25, -0.2) is 4.39 Å². The highest BCUT2D eigenvalue weighted by Crippen LogP contribution is 2.17. The van der Waals surface area contributed by atoms with Gasteiger partial charge in [0.05, 0.1) is 19.1 Å². The van der Waals surface area contributed by atoms with Crippen molar-refractivity contribution in [3.8, 4) is 5.75 Å². The molecule has 0 saturated carbocycles. The molecule has 1 aliphatic heterocycles. The molecular formula is C13H13FN2O4. The van der Waals surface area contributed by atoms with Crippen LogP contribution in [0.15, 0.2) is 18.2 Å². The fourth-order valence-electron chi connectivity index (χ4n) is 1.91. The number of methoxy groups -OCH3 is 1. The van der Waals surface area contributed by atoms with Crippen molar-refractivity contribution >= 4 is 17.7 Å². The maximum atomic E-state index is 13.7. The fourth-order valence-corrected chi connectivity index (χ4v) is 1.91. The zero-order valence-corrected chi connectivity index (χ0v) is 11.0. The van der Waals surface area contributed by atoms with Crippen molar-refractivity contribution in [3.05, 3.63) is 29.6 Å². The zero-order chi connectivity index (χ0) is 14.9. The Labute approximate surface area is 114 Å². The molecule has 1 aliphatic rings. The summed E-state index contributed by atoms with van der Waals surface area (Å²) >= 11 is 0. The Morgan fingerprint density at radius 1 is 1.45 bits per heavy atom. The summed E-state index contributed by atoms with van der Waals surface area (Å²) in [5.41, 5.74) is -0.208. The zero-order valence-electron chi connectivity index (χ0n) is 11.0. The molecule has 1 atom stereocenters. The Bertz CT molecular complexity index is 588. The molecule has 7 heteroatoms. The number of carbonyl (C=O) groups excluding carboxylic acids is 3. The minimum Gasteiger partial charge on any atom is -0.497 e. The molecule has 1 fully saturated rings. The van der Waals surface area contributed by atoms with Crippen molar-refractivity contribution in [2.24, 2.45) is 0 Å². The molecule has 1 aromatic carbocycles. The number of amides is 3. The third-order valence-electron chi connectivity index (χ3n) is 3.11. The van der Waals surface area contributed by atoms with E-state index in [9.17, 15) is 18.8 Å². The van der Waals surface area contributed by atoms with Gasteiger partial charge < -0.3 is 10.1 Å². The quantitative estimate of drug-likeness (QED) is 0.809. The first-order valence-electron chi connectivity index (χ1n) is 5.89. The molecule has 0 bridgehead atoms. The number of imide groups is 1. The average Bonchev–Trinajstić information content (AvgIpc) is 2.66. The van der Waals surface area contributed by atoms with Crippen LogP contribution in [0, 0.1) is 5.82 Å². The molecule has 0 spiro atoms. The van der Waals surface area contributed by atoms with E-state index in [4.69, 9.17) is 4.74 Å². The van der Waals surface area contributed by atoms with Crippen LogP contribution in [0.5, 0.6) is 5.75 Å². The van der Waals surface area contributed by atoms with Crippen molar-refractivity contribution in [1.82, 2.24) is 10.2 Å². The van der Waals surface area contributed by atoms with E-state index >= 15 is 0 Å². The van der Waals surface area contributed by atoms with Gasteiger partial charge in [-0.05, 0) is 12.1 Å². The average molecular weight is 280 g/mol. The second kappa shape index (κ2) is 5.28. The Balaban J connectivity index is 2.13. The van der Waals surface area contributed by atoms with Gasteiger partial charge in [0.15, 0.2) is 0 Å². The number of rotatable bonds is 3. The van der Waals surface area contributed by atoms with E-state index in [1.165, 1.54) is 26.3 Å². The van der Waals surface area contributed by atoms with Gasteiger partial charge in [0.2, 0.25) is 5.91 Å². The molecule has 1 heterocycles. The van der Waals surface area contributed by atoms with Gasteiger partial charge in [-0.2, -0.15) is 0 Å². The van der Waals surface area contributed by atoms with Crippen LogP contribution in [-0.2, 0) is 9.59 Å². The molecule has 0 aliphatic carbocycles. The van der Waals surface area contributed by atoms with Crippen LogP contribution in [0.25, 0.3) is 0 Å².